The van der Waals surface area contributed by atoms with Gasteiger partial charge in [0.25, 0.3) is 0 Å². The average molecular weight is 593 g/mol. The summed E-state index contributed by atoms with van der Waals surface area (Å²) in [6.07, 6.45) is 22.7. The van der Waals surface area contributed by atoms with Crippen molar-refractivity contribution in [3.8, 4) is 0 Å². The van der Waals surface area contributed by atoms with E-state index in [0.29, 0.717) is 35.5 Å². The molecule has 0 aliphatic heterocycles. The van der Waals surface area contributed by atoms with E-state index in [-0.39, 0.29) is 29.5 Å². The van der Waals surface area contributed by atoms with Crippen LogP contribution >= 0.6 is 0 Å². The van der Waals surface area contributed by atoms with Crippen molar-refractivity contribution in [2.75, 3.05) is 13.1 Å². The minimum Gasteiger partial charge on any atom is -0.481 e. The number of hydrogen-bond acceptors (Lipinski definition) is 5. The van der Waals surface area contributed by atoms with Crippen LogP contribution in [-0.2, 0) is 4.79 Å². The van der Waals surface area contributed by atoms with Gasteiger partial charge in [0.1, 0.15) is 0 Å². The highest BCUT2D eigenvalue weighted by atomic mass is 16.4. The quantitative estimate of drug-likeness (QED) is 0.127. The van der Waals surface area contributed by atoms with Gasteiger partial charge in [-0.3, -0.25) is 4.79 Å². The van der Waals surface area contributed by atoms with Crippen LogP contribution in [0.4, 0.5) is 0 Å². The molecule has 0 aromatic rings. The van der Waals surface area contributed by atoms with E-state index < -0.39 is 5.97 Å². The summed E-state index contributed by atoms with van der Waals surface area (Å²) in [5.74, 6) is 2.55. The second-order valence-corrected chi connectivity index (χ2v) is 15.4. The fourth-order valence-corrected chi connectivity index (χ4v) is 10.4. The van der Waals surface area contributed by atoms with Gasteiger partial charge in [0.15, 0.2) is 0 Å². The Morgan fingerprint density at radius 3 is 1.90 bits per heavy atom. The second kappa shape index (κ2) is 17.1. The van der Waals surface area contributed by atoms with Crippen LogP contribution in [0.1, 0.15) is 149 Å². The van der Waals surface area contributed by atoms with Gasteiger partial charge >= 0.3 is 5.97 Å². The van der Waals surface area contributed by atoms with Crippen LogP contribution in [-0.4, -0.2) is 46.6 Å². The molecule has 0 saturated heterocycles. The molecule has 42 heavy (non-hydrogen) atoms. The summed E-state index contributed by atoms with van der Waals surface area (Å²) in [6.45, 7) is 8.71. The highest BCUT2D eigenvalue weighted by Gasteiger charge is 2.63. The zero-order chi connectivity index (χ0) is 30.8. The van der Waals surface area contributed by atoms with Gasteiger partial charge in [-0.1, -0.05) is 72.1 Å². The Morgan fingerprint density at radius 2 is 1.36 bits per heavy atom. The summed E-state index contributed by atoms with van der Waals surface area (Å²) in [4.78, 5) is 11.1. The molecule has 6 heteroatoms. The molecule has 0 radical (unpaired) electrons. The van der Waals surface area contributed by atoms with E-state index in [4.69, 9.17) is 16.6 Å². The van der Waals surface area contributed by atoms with Gasteiger partial charge in [-0.2, -0.15) is 0 Å². The molecule has 0 aromatic carbocycles. The maximum Gasteiger partial charge on any atom is 0.303 e. The van der Waals surface area contributed by atoms with Crippen molar-refractivity contribution < 1.29 is 20.1 Å². The fourth-order valence-electron chi connectivity index (χ4n) is 10.4. The zero-order valence-corrected chi connectivity index (χ0v) is 27.6. The molecule has 6 nitrogen and oxygen atoms in total. The maximum atomic E-state index is 11.5. The lowest BCUT2D eigenvalue weighted by atomic mass is 9.43. The van der Waals surface area contributed by atoms with Crippen molar-refractivity contribution >= 4 is 5.97 Å². The molecule has 10 atom stereocenters. The zero-order valence-electron chi connectivity index (χ0n) is 27.6. The number of aliphatic hydroxyl groups is 2. The van der Waals surface area contributed by atoms with Gasteiger partial charge in [-0.25, -0.2) is 0 Å². The third kappa shape index (κ3) is 8.73. The number of carboxylic acids is 1. The first-order chi connectivity index (χ1) is 20.1. The normalized spacial score (nSPS) is 38.0. The van der Waals surface area contributed by atoms with Crippen LogP contribution in [0.2, 0.25) is 0 Å². The lowest BCUT2D eigenvalue weighted by Gasteiger charge is -2.62. The predicted molar refractivity (Wildman–Crippen MR) is 173 cm³/mol. The number of fused-ring (bicyclic) bond motifs is 5. The Bertz CT molecular complexity index is 782. The number of carboxylic acid groups (broad SMARTS) is 1. The summed E-state index contributed by atoms with van der Waals surface area (Å²) in [5, 5.41) is 30.8. The second-order valence-electron chi connectivity index (χ2n) is 15.4. The highest BCUT2D eigenvalue weighted by Crippen LogP contribution is 2.68. The van der Waals surface area contributed by atoms with Crippen LogP contribution in [0.25, 0.3) is 0 Å². The van der Waals surface area contributed by atoms with E-state index in [1.54, 1.807) is 0 Å². The topological polar surface area (TPSA) is 130 Å². The Balaban J connectivity index is 0.000000295. The lowest BCUT2D eigenvalue weighted by molar-refractivity contribution is -0.175. The number of nitrogens with two attached hydrogens (primary N) is 2. The molecule has 4 aliphatic carbocycles. The molecule has 4 saturated carbocycles. The van der Waals surface area contributed by atoms with Gasteiger partial charge in [0, 0.05) is 6.42 Å². The van der Waals surface area contributed by atoms with E-state index in [9.17, 15) is 15.0 Å². The number of hydrogen-bond donors (Lipinski definition) is 5. The molecular formula is C36H68N2O4. The standard InChI is InChI=1S/C24H40O4.C12H28N2/c1-14(4-9-22(27)28)18-7-8-19-17-6-5-15-12-16(25)10-11-23(15,2)20(17)13-21(26)24(18,19)3;13-11-9-7-5-3-1-2-4-6-8-10-12-14/h14-21,25-26H,4-13H2,1-3H3,(H,27,28);1-14H2/t14-,15-,16-,17+,18-,19+,20+,21+,23+,24-;/m1./s1. The molecule has 4 aliphatic rings. The molecule has 0 aromatic heterocycles. The maximum absolute atomic E-state index is 11.5. The van der Waals surface area contributed by atoms with Crippen LogP contribution in [0.15, 0.2) is 0 Å². The van der Waals surface area contributed by atoms with Crippen molar-refractivity contribution in [2.45, 2.75) is 161 Å². The number of unbranched alkanes of at least 4 members (excludes halogenated alkanes) is 9. The van der Waals surface area contributed by atoms with Crippen LogP contribution < -0.4 is 11.5 Å². The van der Waals surface area contributed by atoms with Gasteiger partial charge < -0.3 is 26.8 Å². The highest BCUT2D eigenvalue weighted by molar-refractivity contribution is 5.66. The fraction of sp³-hybridized carbons (Fsp3) is 0.972. The Labute approximate surface area is 258 Å². The molecule has 0 spiro atoms. The van der Waals surface area contributed by atoms with E-state index in [2.05, 4.69) is 20.8 Å². The number of carbonyl (C=O) groups is 1. The van der Waals surface area contributed by atoms with Gasteiger partial charge in [0.2, 0.25) is 0 Å². The van der Waals surface area contributed by atoms with Gasteiger partial charge in [-0.05, 0) is 130 Å². The minimum atomic E-state index is -0.707. The smallest absolute Gasteiger partial charge is 0.303 e. The summed E-state index contributed by atoms with van der Waals surface area (Å²) in [5.41, 5.74) is 11.1. The molecule has 246 valence electrons. The Morgan fingerprint density at radius 1 is 0.786 bits per heavy atom. The van der Waals surface area contributed by atoms with Gasteiger partial charge in [0.05, 0.1) is 12.2 Å². The van der Waals surface area contributed by atoms with Crippen molar-refractivity contribution in [2.24, 2.45) is 57.8 Å². The largest absolute Gasteiger partial charge is 0.481 e. The molecular weight excluding hydrogens is 524 g/mol. The Hall–Kier alpha value is -0.690. The SMILES string of the molecule is C[C@H](CCC(=O)O)[C@H]1CC[C@H]2[C@@H]3CC[C@@H]4C[C@H](O)CC[C@]4(C)[C@H]3C[C@H](O)[C@]12C.NCCCCCCCCCCCCN. The molecule has 4 rings (SSSR count). The van der Waals surface area contributed by atoms with Crippen molar-refractivity contribution in [1.29, 1.82) is 0 Å². The summed E-state index contributed by atoms with van der Waals surface area (Å²) in [6, 6.07) is 0. The van der Waals surface area contributed by atoms with E-state index in [1.165, 1.54) is 83.5 Å². The van der Waals surface area contributed by atoms with Crippen molar-refractivity contribution in [3.05, 3.63) is 0 Å². The van der Waals surface area contributed by atoms with Gasteiger partial charge in [-0.15, -0.1) is 0 Å². The predicted octanol–water partition coefficient (Wildman–Crippen LogP) is 7.28. The lowest BCUT2D eigenvalue weighted by Crippen LogP contribution is -2.58. The molecule has 0 amide bonds. The average Bonchev–Trinajstić information content (AvgIpc) is 3.33. The van der Waals surface area contributed by atoms with E-state index >= 15 is 0 Å². The monoisotopic (exact) mass is 593 g/mol. The third-order valence-electron chi connectivity index (χ3n) is 13.0. The Kier molecular flexibility index (Phi) is 14.6. The van der Waals surface area contributed by atoms with Crippen molar-refractivity contribution in [1.82, 2.24) is 0 Å². The first kappa shape index (κ1) is 35.8. The molecule has 4 fully saturated rings. The third-order valence-corrected chi connectivity index (χ3v) is 13.0. The van der Waals surface area contributed by atoms with E-state index in [1.807, 2.05) is 0 Å². The molecule has 7 N–H and O–H groups in total. The number of rotatable bonds is 15. The van der Waals surface area contributed by atoms with E-state index in [0.717, 1.165) is 51.6 Å². The molecule has 0 heterocycles. The summed E-state index contributed by atoms with van der Waals surface area (Å²) < 4.78 is 0. The number of aliphatic carboxylic acids is 1. The first-order valence-corrected chi connectivity index (χ1v) is 18.1. The molecule has 0 unspecified atom stereocenters. The minimum absolute atomic E-state index is 0.0591. The van der Waals surface area contributed by atoms with Crippen LogP contribution in [0.3, 0.4) is 0 Å². The van der Waals surface area contributed by atoms with Crippen molar-refractivity contribution in [3.63, 3.8) is 0 Å². The van der Waals surface area contributed by atoms with Crippen LogP contribution in [0.5, 0.6) is 0 Å². The first-order valence-electron chi connectivity index (χ1n) is 18.1. The summed E-state index contributed by atoms with van der Waals surface area (Å²) in [7, 11) is 0. The molecule has 0 bridgehead atoms. The van der Waals surface area contributed by atoms with Crippen LogP contribution in [0, 0.1) is 46.3 Å². The number of aliphatic hydroxyl groups excluding tert-OH is 2. The summed E-state index contributed by atoms with van der Waals surface area (Å²) >= 11 is 0.